The molecule has 2 aromatic rings. The molecular formula is C16H16BrN3O2. The van der Waals surface area contributed by atoms with E-state index in [4.69, 9.17) is 4.74 Å². The molecule has 6 heteroatoms. The third kappa shape index (κ3) is 4.33. The fraction of sp³-hybridized carbons (Fsp3) is 0.125. The Labute approximate surface area is 137 Å². The van der Waals surface area contributed by atoms with Crippen molar-refractivity contribution in [3.8, 4) is 5.75 Å². The number of amides is 2. The van der Waals surface area contributed by atoms with Gasteiger partial charge in [-0.1, -0.05) is 18.2 Å². The lowest BCUT2D eigenvalue weighted by Crippen LogP contribution is -2.25. The molecule has 0 unspecified atom stereocenters. The van der Waals surface area contributed by atoms with E-state index in [2.05, 4.69) is 31.8 Å². The minimum atomic E-state index is -0.391. The predicted molar refractivity (Wildman–Crippen MR) is 91.5 cm³/mol. The number of nitrogens with zero attached hydrogens (tertiary/aromatic N) is 1. The van der Waals surface area contributed by atoms with Crippen molar-refractivity contribution in [1.82, 2.24) is 5.43 Å². The van der Waals surface area contributed by atoms with Gasteiger partial charge in [-0.25, -0.2) is 10.2 Å². The summed E-state index contributed by atoms with van der Waals surface area (Å²) in [5.74, 6) is 0.742. The Bertz CT molecular complexity index is 687. The average molecular weight is 362 g/mol. The second-order valence-electron chi connectivity index (χ2n) is 4.48. The Kier molecular flexibility index (Phi) is 5.55. The molecule has 2 aromatic carbocycles. The number of para-hydroxylation sites is 1. The van der Waals surface area contributed by atoms with E-state index in [0.29, 0.717) is 11.4 Å². The first-order valence-corrected chi connectivity index (χ1v) is 7.39. The number of rotatable bonds is 4. The molecular weight excluding hydrogens is 346 g/mol. The highest BCUT2D eigenvalue weighted by Gasteiger charge is 2.05. The van der Waals surface area contributed by atoms with Crippen LogP contribution >= 0.6 is 15.9 Å². The van der Waals surface area contributed by atoms with Gasteiger partial charge in [0.2, 0.25) is 0 Å². The number of anilines is 1. The fourth-order valence-corrected chi connectivity index (χ4v) is 2.31. The smallest absolute Gasteiger partial charge is 0.339 e. The van der Waals surface area contributed by atoms with E-state index in [1.807, 2.05) is 43.3 Å². The summed E-state index contributed by atoms with van der Waals surface area (Å²) in [7, 11) is 1.61. The van der Waals surface area contributed by atoms with Gasteiger partial charge < -0.3 is 10.1 Å². The van der Waals surface area contributed by atoms with Crippen molar-refractivity contribution in [3.05, 3.63) is 58.6 Å². The number of hydrazone groups is 1. The summed E-state index contributed by atoms with van der Waals surface area (Å²) in [6.07, 6.45) is 0. The molecule has 0 aliphatic carbocycles. The Balaban J connectivity index is 2.00. The number of carbonyl (C=O) groups excluding carboxylic acids is 1. The molecule has 0 bridgehead atoms. The normalized spacial score (nSPS) is 11.0. The SMILES string of the molecule is COc1ccc(/C(C)=N\NC(=O)Nc2ccccc2)cc1Br. The third-order valence-electron chi connectivity index (χ3n) is 2.93. The highest BCUT2D eigenvalue weighted by atomic mass is 79.9. The predicted octanol–water partition coefficient (Wildman–Crippen LogP) is 4.00. The fourth-order valence-electron chi connectivity index (χ4n) is 1.77. The molecule has 0 heterocycles. The van der Waals surface area contributed by atoms with Gasteiger partial charge in [-0.2, -0.15) is 5.10 Å². The zero-order chi connectivity index (χ0) is 15.9. The quantitative estimate of drug-likeness (QED) is 0.638. The number of hydrogen-bond acceptors (Lipinski definition) is 3. The Morgan fingerprint density at radius 1 is 1.18 bits per heavy atom. The van der Waals surface area contributed by atoms with E-state index >= 15 is 0 Å². The van der Waals surface area contributed by atoms with Gasteiger partial charge in [0.25, 0.3) is 0 Å². The maximum atomic E-state index is 11.8. The van der Waals surface area contributed by atoms with Crippen molar-refractivity contribution in [2.45, 2.75) is 6.92 Å². The molecule has 2 rings (SSSR count). The number of carbonyl (C=O) groups is 1. The molecule has 0 aromatic heterocycles. The first kappa shape index (κ1) is 16.0. The van der Waals surface area contributed by atoms with Crippen molar-refractivity contribution in [1.29, 1.82) is 0 Å². The van der Waals surface area contributed by atoms with Crippen molar-refractivity contribution < 1.29 is 9.53 Å². The lowest BCUT2D eigenvalue weighted by Gasteiger charge is -2.07. The van der Waals surface area contributed by atoms with Gasteiger partial charge in [0, 0.05) is 5.69 Å². The molecule has 0 spiro atoms. The minimum absolute atomic E-state index is 0.391. The molecule has 2 N–H and O–H groups in total. The van der Waals surface area contributed by atoms with Gasteiger partial charge in [-0.05, 0) is 58.7 Å². The maximum absolute atomic E-state index is 11.8. The molecule has 0 atom stereocenters. The summed E-state index contributed by atoms with van der Waals surface area (Å²) >= 11 is 3.42. The van der Waals surface area contributed by atoms with Crippen molar-refractivity contribution in [3.63, 3.8) is 0 Å². The number of benzene rings is 2. The number of nitrogens with one attached hydrogen (secondary N) is 2. The number of methoxy groups -OCH3 is 1. The van der Waals surface area contributed by atoms with E-state index in [0.717, 1.165) is 15.8 Å². The molecule has 0 aliphatic heterocycles. The minimum Gasteiger partial charge on any atom is -0.496 e. The second-order valence-corrected chi connectivity index (χ2v) is 5.33. The van der Waals surface area contributed by atoms with Gasteiger partial charge in [0.05, 0.1) is 17.3 Å². The molecule has 2 amide bonds. The van der Waals surface area contributed by atoms with Gasteiger partial charge >= 0.3 is 6.03 Å². The van der Waals surface area contributed by atoms with Crippen LogP contribution in [0.2, 0.25) is 0 Å². The Hall–Kier alpha value is -2.34. The lowest BCUT2D eigenvalue weighted by atomic mass is 10.1. The number of hydrogen-bond donors (Lipinski definition) is 2. The first-order chi connectivity index (χ1) is 10.6. The van der Waals surface area contributed by atoms with Crippen LogP contribution in [-0.4, -0.2) is 18.9 Å². The van der Waals surface area contributed by atoms with Crippen LogP contribution in [0.25, 0.3) is 0 Å². The molecule has 0 aliphatic rings. The first-order valence-electron chi connectivity index (χ1n) is 6.60. The van der Waals surface area contributed by atoms with E-state index in [9.17, 15) is 4.79 Å². The molecule has 0 saturated heterocycles. The van der Waals surface area contributed by atoms with Crippen LogP contribution in [-0.2, 0) is 0 Å². The zero-order valence-corrected chi connectivity index (χ0v) is 13.8. The van der Waals surface area contributed by atoms with Gasteiger partial charge in [-0.15, -0.1) is 0 Å². The van der Waals surface area contributed by atoms with Crippen molar-refractivity contribution in [2.24, 2.45) is 5.10 Å². The standard InChI is InChI=1S/C16H16BrN3O2/c1-11(12-8-9-15(22-2)14(17)10-12)19-20-16(21)18-13-6-4-3-5-7-13/h3-10H,1-2H3,(H2,18,20,21)/b19-11-. The van der Waals surface area contributed by atoms with Crippen LogP contribution in [0.1, 0.15) is 12.5 Å². The number of urea groups is 1. The van der Waals surface area contributed by atoms with Crippen LogP contribution < -0.4 is 15.5 Å². The van der Waals surface area contributed by atoms with Crippen LogP contribution in [0.4, 0.5) is 10.5 Å². The van der Waals surface area contributed by atoms with Gasteiger partial charge in [0.1, 0.15) is 5.75 Å². The summed E-state index contributed by atoms with van der Waals surface area (Å²) in [5, 5.41) is 6.77. The van der Waals surface area contributed by atoms with Crippen LogP contribution in [0.15, 0.2) is 58.1 Å². The van der Waals surface area contributed by atoms with E-state index < -0.39 is 6.03 Å². The third-order valence-corrected chi connectivity index (χ3v) is 3.55. The van der Waals surface area contributed by atoms with Crippen LogP contribution in [0.3, 0.4) is 0 Å². The summed E-state index contributed by atoms with van der Waals surface area (Å²) in [6, 6.07) is 14.4. The highest BCUT2D eigenvalue weighted by molar-refractivity contribution is 9.10. The number of ether oxygens (including phenoxy) is 1. The Morgan fingerprint density at radius 3 is 2.55 bits per heavy atom. The van der Waals surface area contributed by atoms with Crippen LogP contribution in [0.5, 0.6) is 5.75 Å². The average Bonchev–Trinajstić information content (AvgIpc) is 2.53. The summed E-state index contributed by atoms with van der Waals surface area (Å²) < 4.78 is 6.01. The number of halogens is 1. The van der Waals surface area contributed by atoms with Crippen molar-refractivity contribution in [2.75, 3.05) is 12.4 Å². The zero-order valence-electron chi connectivity index (χ0n) is 12.3. The van der Waals surface area contributed by atoms with E-state index in [1.165, 1.54) is 0 Å². The van der Waals surface area contributed by atoms with E-state index in [-0.39, 0.29) is 0 Å². The molecule has 0 radical (unpaired) electrons. The molecule has 114 valence electrons. The molecule has 5 nitrogen and oxygen atoms in total. The lowest BCUT2D eigenvalue weighted by molar-refractivity contribution is 0.252. The van der Waals surface area contributed by atoms with Crippen LogP contribution in [0, 0.1) is 0 Å². The molecule has 22 heavy (non-hydrogen) atoms. The largest absolute Gasteiger partial charge is 0.496 e. The van der Waals surface area contributed by atoms with Crippen molar-refractivity contribution >= 4 is 33.4 Å². The Morgan fingerprint density at radius 2 is 1.91 bits per heavy atom. The topological polar surface area (TPSA) is 62.7 Å². The summed E-state index contributed by atoms with van der Waals surface area (Å²) in [4.78, 5) is 11.8. The second kappa shape index (κ2) is 7.61. The summed E-state index contributed by atoms with van der Waals surface area (Å²) in [6.45, 7) is 1.82. The molecule has 0 fully saturated rings. The van der Waals surface area contributed by atoms with E-state index in [1.54, 1.807) is 19.2 Å². The molecule has 0 saturated carbocycles. The van der Waals surface area contributed by atoms with Gasteiger partial charge in [0.15, 0.2) is 0 Å². The summed E-state index contributed by atoms with van der Waals surface area (Å²) in [5.41, 5.74) is 4.75. The monoisotopic (exact) mass is 361 g/mol. The maximum Gasteiger partial charge on any atom is 0.339 e. The highest BCUT2D eigenvalue weighted by Crippen LogP contribution is 2.25. The van der Waals surface area contributed by atoms with Gasteiger partial charge in [-0.3, -0.25) is 0 Å².